The summed E-state index contributed by atoms with van der Waals surface area (Å²) >= 11 is 7.47. The first-order valence-corrected chi connectivity index (χ1v) is 15.8. The highest BCUT2D eigenvalue weighted by Crippen LogP contribution is 2.40. The van der Waals surface area contributed by atoms with Gasteiger partial charge < -0.3 is 29.4 Å². The Bertz CT molecular complexity index is 2040. The molecule has 1 aromatic heterocycles. The third-order valence-electron chi connectivity index (χ3n) is 7.09. The smallest absolute Gasteiger partial charge is 0.338 e. The van der Waals surface area contributed by atoms with Crippen molar-refractivity contribution in [2.24, 2.45) is 4.99 Å². The maximum Gasteiger partial charge on any atom is 0.338 e. The number of phenolic OH excluding ortho intramolecular Hbond substituents is 1. The number of phenols is 1. The Morgan fingerprint density at radius 1 is 1.04 bits per heavy atom. The van der Waals surface area contributed by atoms with Gasteiger partial charge in [0, 0.05) is 5.69 Å². The molecule has 1 amide bonds. The predicted octanol–water partition coefficient (Wildman–Crippen LogP) is 4.58. The summed E-state index contributed by atoms with van der Waals surface area (Å²) in [5.41, 5.74) is 1.83. The molecule has 0 bridgehead atoms. The number of hydrogen-bond donors (Lipinski definition) is 2. The summed E-state index contributed by atoms with van der Waals surface area (Å²) in [6.07, 6.45) is 1.68. The van der Waals surface area contributed by atoms with Crippen LogP contribution in [0.3, 0.4) is 0 Å². The summed E-state index contributed by atoms with van der Waals surface area (Å²) in [4.78, 5) is 44.6. The highest BCUT2D eigenvalue weighted by molar-refractivity contribution is 7.07. The largest absolute Gasteiger partial charge is 0.503 e. The molecule has 4 aromatic rings. The number of halogens is 1. The third kappa shape index (κ3) is 7.18. The number of esters is 1. The molecule has 1 aliphatic heterocycles. The van der Waals surface area contributed by atoms with Gasteiger partial charge in [0.05, 0.1) is 47.2 Å². The number of anilines is 1. The van der Waals surface area contributed by atoms with Gasteiger partial charge in [-0.15, -0.1) is 0 Å². The molecule has 13 heteroatoms. The maximum atomic E-state index is 14.0. The van der Waals surface area contributed by atoms with Gasteiger partial charge in [-0.05, 0) is 74.4 Å². The summed E-state index contributed by atoms with van der Waals surface area (Å²) in [5.74, 6) is -0.393. The highest BCUT2D eigenvalue weighted by Gasteiger charge is 2.34. The lowest BCUT2D eigenvalue weighted by molar-refractivity contribution is -0.139. The molecule has 0 radical (unpaired) electrons. The molecule has 11 nitrogen and oxygen atoms in total. The van der Waals surface area contributed by atoms with E-state index >= 15 is 0 Å². The number of amides is 1. The molecule has 1 aliphatic rings. The minimum absolute atomic E-state index is 0.0114. The van der Waals surface area contributed by atoms with Gasteiger partial charge in [0.1, 0.15) is 0 Å². The van der Waals surface area contributed by atoms with E-state index in [4.69, 9.17) is 30.5 Å². The first-order chi connectivity index (χ1) is 22.6. The average molecular weight is 678 g/mol. The topological polar surface area (TPSA) is 138 Å². The van der Waals surface area contributed by atoms with Crippen LogP contribution in [0.2, 0.25) is 5.02 Å². The fraction of sp³-hybridized carbons (Fsp3) is 0.235. The van der Waals surface area contributed by atoms with Gasteiger partial charge in [0.2, 0.25) is 0 Å². The zero-order valence-electron chi connectivity index (χ0n) is 26.0. The molecule has 0 fully saturated rings. The number of nitrogens with one attached hydrogen (secondary N) is 1. The predicted molar refractivity (Wildman–Crippen MR) is 178 cm³/mol. The van der Waals surface area contributed by atoms with Gasteiger partial charge in [-0.3, -0.25) is 14.2 Å². The van der Waals surface area contributed by atoms with E-state index in [-0.39, 0.29) is 41.2 Å². The number of fused-ring (bicyclic) bond motifs is 1. The molecule has 2 N–H and O–H groups in total. The van der Waals surface area contributed by atoms with Crippen LogP contribution >= 0.6 is 22.9 Å². The van der Waals surface area contributed by atoms with E-state index in [1.54, 1.807) is 50.3 Å². The summed E-state index contributed by atoms with van der Waals surface area (Å²) < 4.78 is 23.9. The van der Waals surface area contributed by atoms with E-state index in [1.165, 1.54) is 23.8 Å². The fourth-order valence-electron chi connectivity index (χ4n) is 5.03. The van der Waals surface area contributed by atoms with Gasteiger partial charge in [0.25, 0.3) is 11.5 Å². The summed E-state index contributed by atoms with van der Waals surface area (Å²) in [7, 11) is 1.38. The number of carbonyl (C=O) groups is 2. The van der Waals surface area contributed by atoms with Gasteiger partial charge in [-0.25, -0.2) is 9.79 Å². The van der Waals surface area contributed by atoms with Crippen molar-refractivity contribution < 1.29 is 33.6 Å². The number of ether oxygens (including phenoxy) is 4. The molecule has 2 heterocycles. The van der Waals surface area contributed by atoms with E-state index in [2.05, 4.69) is 10.3 Å². The Morgan fingerprint density at radius 2 is 1.81 bits per heavy atom. The quantitative estimate of drug-likeness (QED) is 0.220. The van der Waals surface area contributed by atoms with Gasteiger partial charge >= 0.3 is 5.97 Å². The van der Waals surface area contributed by atoms with Crippen molar-refractivity contribution in [3.63, 3.8) is 0 Å². The number of aromatic nitrogens is 1. The van der Waals surface area contributed by atoms with Crippen molar-refractivity contribution in [2.75, 3.05) is 32.2 Å². The lowest BCUT2D eigenvalue weighted by atomic mass is 9.95. The zero-order chi connectivity index (χ0) is 33.7. The van der Waals surface area contributed by atoms with E-state index in [0.29, 0.717) is 50.0 Å². The summed E-state index contributed by atoms with van der Waals surface area (Å²) in [6.45, 7) is 5.40. The Hall–Kier alpha value is -5.07. The van der Waals surface area contributed by atoms with Crippen LogP contribution in [-0.2, 0) is 14.3 Å². The number of nitrogens with zero attached hydrogens (tertiary/aromatic N) is 2. The van der Waals surface area contributed by atoms with Crippen molar-refractivity contribution in [2.45, 2.75) is 26.8 Å². The highest BCUT2D eigenvalue weighted by atomic mass is 35.5. The van der Waals surface area contributed by atoms with Gasteiger partial charge in [-0.1, -0.05) is 47.2 Å². The van der Waals surface area contributed by atoms with Crippen LogP contribution in [0.15, 0.2) is 81.7 Å². The number of benzene rings is 3. The second-order valence-corrected chi connectivity index (χ2v) is 11.6. The number of methoxy groups -OCH3 is 1. The zero-order valence-corrected chi connectivity index (χ0v) is 27.6. The number of thiazole rings is 1. The van der Waals surface area contributed by atoms with Crippen molar-refractivity contribution in [1.82, 2.24) is 4.57 Å². The Morgan fingerprint density at radius 3 is 2.51 bits per heavy atom. The average Bonchev–Trinajstić information content (AvgIpc) is 3.35. The fourth-order valence-corrected chi connectivity index (χ4v) is 6.30. The Kier molecular flexibility index (Phi) is 10.3. The normalized spacial score (nSPS) is 14.2. The molecule has 3 aromatic carbocycles. The number of carbonyl (C=O) groups excluding carboxylic acids is 2. The molecule has 0 saturated heterocycles. The first kappa shape index (κ1) is 33.3. The Balaban J connectivity index is 1.53. The summed E-state index contributed by atoms with van der Waals surface area (Å²) in [5, 5.41) is 13.1. The Labute approximate surface area is 279 Å². The van der Waals surface area contributed by atoms with Gasteiger partial charge in [-0.2, -0.15) is 0 Å². The van der Waals surface area contributed by atoms with E-state index in [1.807, 2.05) is 25.1 Å². The van der Waals surface area contributed by atoms with Crippen LogP contribution in [0.25, 0.3) is 6.08 Å². The minimum Gasteiger partial charge on any atom is -0.503 e. The molecule has 5 rings (SSSR count). The first-order valence-electron chi connectivity index (χ1n) is 14.7. The third-order valence-corrected chi connectivity index (χ3v) is 8.36. The molecule has 0 spiro atoms. The molecule has 0 saturated carbocycles. The second kappa shape index (κ2) is 14.6. The number of para-hydroxylation sites is 1. The molecule has 244 valence electrons. The standard InChI is InChI=1S/C34H32ClN3O8S/c1-5-44-25-14-20(12-13-24(25)46-18-28(39)37-22-10-8-7-9-11-22)15-27-32(41)38-30(21-16-23(35)31(40)26(17-21)43-4)29(33(42)45-6-2)19(3)36-34(38)47-27/h7-17,30,40H,5-6,18H2,1-4H3,(H,37,39)/b27-15-/t30-/m1/s1. The monoisotopic (exact) mass is 677 g/mol. The van der Waals surface area contributed by atoms with E-state index < -0.39 is 17.6 Å². The minimum atomic E-state index is -0.962. The lowest BCUT2D eigenvalue weighted by Gasteiger charge is -2.25. The van der Waals surface area contributed by atoms with Crippen LogP contribution in [-0.4, -0.2) is 48.5 Å². The summed E-state index contributed by atoms with van der Waals surface area (Å²) in [6, 6.07) is 16.2. The van der Waals surface area contributed by atoms with Crippen LogP contribution < -0.4 is 34.4 Å². The molecule has 0 unspecified atom stereocenters. The van der Waals surface area contributed by atoms with Crippen LogP contribution in [0.4, 0.5) is 5.69 Å². The number of rotatable bonds is 11. The van der Waals surface area contributed by atoms with Crippen LogP contribution in [0, 0.1) is 0 Å². The van der Waals surface area contributed by atoms with Gasteiger partial charge in [0.15, 0.2) is 34.4 Å². The van der Waals surface area contributed by atoms with Crippen molar-refractivity contribution in [3.05, 3.63) is 108 Å². The molecule has 47 heavy (non-hydrogen) atoms. The molecule has 0 aliphatic carbocycles. The lowest BCUT2D eigenvalue weighted by Crippen LogP contribution is -2.40. The van der Waals surface area contributed by atoms with Crippen LogP contribution in [0.1, 0.15) is 37.9 Å². The number of aromatic hydroxyl groups is 1. The molecular weight excluding hydrogens is 646 g/mol. The van der Waals surface area contributed by atoms with E-state index in [0.717, 1.165) is 11.3 Å². The van der Waals surface area contributed by atoms with E-state index in [9.17, 15) is 19.5 Å². The van der Waals surface area contributed by atoms with Crippen molar-refractivity contribution in [1.29, 1.82) is 0 Å². The molecule has 1 atom stereocenters. The maximum absolute atomic E-state index is 14.0. The number of hydrogen-bond acceptors (Lipinski definition) is 10. The second-order valence-electron chi connectivity index (χ2n) is 10.2. The SMILES string of the molecule is CCOC(=O)C1=C(C)N=c2s/c(=C\c3ccc(OCC(=O)Nc4ccccc4)c(OCC)c3)c(=O)n2[C@@H]1c1cc(Cl)c(O)c(OC)c1. The van der Waals surface area contributed by atoms with Crippen molar-refractivity contribution >= 4 is 46.6 Å². The number of allylic oxidation sites excluding steroid dienone is 1. The van der Waals surface area contributed by atoms with Crippen LogP contribution in [0.5, 0.6) is 23.0 Å². The van der Waals surface area contributed by atoms with Crippen molar-refractivity contribution in [3.8, 4) is 23.0 Å². The molecular formula is C34H32ClN3O8S.